The molecule has 1 atom stereocenters. The molecule has 1 aliphatic rings. The van der Waals surface area contributed by atoms with Gasteiger partial charge in [0, 0.05) is 25.6 Å². The first-order chi connectivity index (χ1) is 8.10. The monoisotopic (exact) mass is 236 g/mol. The molecule has 0 spiro atoms. The number of rotatable bonds is 3. The number of hydrogen-bond acceptors (Lipinski definition) is 4. The van der Waals surface area contributed by atoms with E-state index in [1.807, 2.05) is 11.8 Å². The number of nitrogens with two attached hydrogens (primary N) is 1. The molecular formula is C11H16N4O2. The third kappa shape index (κ3) is 2.46. The van der Waals surface area contributed by atoms with E-state index >= 15 is 0 Å². The van der Waals surface area contributed by atoms with Gasteiger partial charge in [0.2, 0.25) is 5.91 Å². The van der Waals surface area contributed by atoms with Gasteiger partial charge in [-0.1, -0.05) is 6.92 Å². The zero-order valence-electron chi connectivity index (χ0n) is 9.77. The molecule has 0 saturated carbocycles. The molecule has 3 N–H and O–H groups in total. The summed E-state index contributed by atoms with van der Waals surface area (Å²) in [5, 5.41) is 0. The Labute approximate surface area is 98.8 Å². The molecule has 0 radical (unpaired) electrons. The molecule has 1 unspecified atom stereocenters. The summed E-state index contributed by atoms with van der Waals surface area (Å²) >= 11 is 0. The van der Waals surface area contributed by atoms with Gasteiger partial charge >= 0.3 is 0 Å². The lowest BCUT2D eigenvalue weighted by Gasteiger charge is -2.17. The first kappa shape index (κ1) is 11.6. The number of nitrogens with one attached hydrogen (secondary N) is 1. The summed E-state index contributed by atoms with van der Waals surface area (Å²) in [6, 6.07) is 1.46. The lowest BCUT2D eigenvalue weighted by molar-refractivity contribution is -0.121. The Kier molecular flexibility index (Phi) is 3.12. The molecule has 0 bridgehead atoms. The summed E-state index contributed by atoms with van der Waals surface area (Å²) in [4.78, 5) is 31.5. The number of H-pyrrole nitrogens is 1. The highest BCUT2D eigenvalue weighted by Gasteiger charge is 2.27. The molecule has 92 valence electrons. The van der Waals surface area contributed by atoms with Gasteiger partial charge in [-0.3, -0.25) is 9.59 Å². The predicted molar refractivity (Wildman–Crippen MR) is 63.8 cm³/mol. The number of aromatic nitrogens is 2. The first-order valence-corrected chi connectivity index (χ1v) is 5.74. The average molecular weight is 236 g/mol. The summed E-state index contributed by atoms with van der Waals surface area (Å²) in [6.45, 7) is 3.19. The van der Waals surface area contributed by atoms with Crippen molar-refractivity contribution in [2.24, 2.45) is 11.7 Å². The van der Waals surface area contributed by atoms with Crippen LogP contribution >= 0.6 is 0 Å². The van der Waals surface area contributed by atoms with Crippen molar-refractivity contribution in [3.8, 4) is 0 Å². The van der Waals surface area contributed by atoms with Crippen molar-refractivity contribution in [1.82, 2.24) is 9.97 Å². The molecule has 1 saturated heterocycles. The first-order valence-electron chi connectivity index (χ1n) is 5.74. The summed E-state index contributed by atoms with van der Waals surface area (Å²) < 4.78 is 0. The molecule has 2 rings (SSSR count). The maximum absolute atomic E-state index is 11.4. The maximum atomic E-state index is 11.4. The Morgan fingerprint density at radius 2 is 2.47 bits per heavy atom. The van der Waals surface area contributed by atoms with Gasteiger partial charge in [0.05, 0.1) is 5.92 Å². The van der Waals surface area contributed by atoms with Crippen molar-refractivity contribution >= 4 is 11.7 Å². The number of anilines is 1. The Morgan fingerprint density at radius 3 is 3.06 bits per heavy atom. The van der Waals surface area contributed by atoms with E-state index in [-0.39, 0.29) is 17.4 Å². The van der Waals surface area contributed by atoms with Gasteiger partial charge in [0.1, 0.15) is 11.6 Å². The van der Waals surface area contributed by atoms with E-state index in [9.17, 15) is 9.59 Å². The number of carbonyl (C=O) groups excluding carboxylic acids is 1. The average Bonchev–Trinajstić information content (AvgIpc) is 2.77. The molecule has 0 aliphatic carbocycles. The fraction of sp³-hybridized carbons (Fsp3) is 0.545. The lowest BCUT2D eigenvalue weighted by Crippen LogP contribution is -2.28. The van der Waals surface area contributed by atoms with Crippen molar-refractivity contribution in [2.75, 3.05) is 18.0 Å². The predicted octanol–water partition coefficient (Wildman–Crippen LogP) is -0.356. The zero-order chi connectivity index (χ0) is 12.4. The van der Waals surface area contributed by atoms with Crippen molar-refractivity contribution < 1.29 is 4.79 Å². The van der Waals surface area contributed by atoms with Gasteiger partial charge in [-0.05, 0) is 6.42 Å². The van der Waals surface area contributed by atoms with Crippen LogP contribution in [0.5, 0.6) is 0 Å². The topological polar surface area (TPSA) is 92.1 Å². The number of amides is 1. The molecular weight excluding hydrogens is 220 g/mol. The third-order valence-electron chi connectivity index (χ3n) is 3.03. The van der Waals surface area contributed by atoms with Crippen molar-refractivity contribution in [2.45, 2.75) is 19.8 Å². The van der Waals surface area contributed by atoms with E-state index in [2.05, 4.69) is 9.97 Å². The minimum absolute atomic E-state index is 0.138. The van der Waals surface area contributed by atoms with Gasteiger partial charge in [0.25, 0.3) is 5.56 Å². The van der Waals surface area contributed by atoms with Crippen LogP contribution in [0.2, 0.25) is 0 Å². The molecule has 1 aromatic rings. The Morgan fingerprint density at radius 1 is 1.71 bits per heavy atom. The van der Waals surface area contributed by atoms with Crippen LogP contribution in [0.15, 0.2) is 10.9 Å². The molecule has 17 heavy (non-hydrogen) atoms. The van der Waals surface area contributed by atoms with Crippen molar-refractivity contribution in [1.29, 1.82) is 0 Å². The van der Waals surface area contributed by atoms with Crippen LogP contribution in [0.1, 0.15) is 19.2 Å². The lowest BCUT2D eigenvalue weighted by atomic mass is 10.1. The highest BCUT2D eigenvalue weighted by Crippen LogP contribution is 2.20. The minimum Gasteiger partial charge on any atom is -0.369 e. The molecule has 2 heterocycles. The second-order valence-electron chi connectivity index (χ2n) is 4.24. The van der Waals surface area contributed by atoms with E-state index in [0.29, 0.717) is 31.2 Å². The van der Waals surface area contributed by atoms with Crippen LogP contribution in [0, 0.1) is 5.92 Å². The standard InChI is InChI=1S/C11H16N4O2/c1-2-8-13-9(5-10(16)14-8)15-4-3-7(6-15)11(12)17/h5,7H,2-4,6H2,1H3,(H2,12,17)(H,13,14,16). The summed E-state index contributed by atoms with van der Waals surface area (Å²) in [5.41, 5.74) is 5.11. The van der Waals surface area contributed by atoms with E-state index < -0.39 is 0 Å². The molecule has 1 fully saturated rings. The number of carbonyl (C=O) groups is 1. The smallest absolute Gasteiger partial charge is 0.252 e. The molecule has 6 nitrogen and oxygen atoms in total. The SMILES string of the molecule is CCc1nc(N2CCC(C(N)=O)C2)cc(=O)[nH]1. The van der Waals surface area contributed by atoms with Crippen LogP contribution < -0.4 is 16.2 Å². The molecule has 6 heteroatoms. The molecule has 1 aliphatic heterocycles. The van der Waals surface area contributed by atoms with Gasteiger partial charge in [-0.2, -0.15) is 0 Å². The fourth-order valence-electron chi connectivity index (χ4n) is 2.02. The Bertz CT molecular complexity index is 483. The van der Waals surface area contributed by atoms with Gasteiger partial charge in [-0.25, -0.2) is 4.98 Å². The zero-order valence-corrected chi connectivity index (χ0v) is 9.77. The van der Waals surface area contributed by atoms with Crippen LogP contribution in [-0.4, -0.2) is 29.0 Å². The van der Waals surface area contributed by atoms with Crippen LogP contribution in [0.4, 0.5) is 5.82 Å². The van der Waals surface area contributed by atoms with Crippen LogP contribution in [0.25, 0.3) is 0 Å². The van der Waals surface area contributed by atoms with E-state index in [0.717, 1.165) is 6.42 Å². The Balaban J connectivity index is 2.21. The third-order valence-corrected chi connectivity index (χ3v) is 3.03. The number of aromatic amines is 1. The largest absolute Gasteiger partial charge is 0.369 e. The highest BCUT2D eigenvalue weighted by molar-refractivity contribution is 5.78. The normalized spacial score (nSPS) is 19.6. The number of aryl methyl sites for hydroxylation is 1. The van der Waals surface area contributed by atoms with E-state index in [1.165, 1.54) is 6.07 Å². The maximum Gasteiger partial charge on any atom is 0.252 e. The van der Waals surface area contributed by atoms with E-state index in [4.69, 9.17) is 5.73 Å². The summed E-state index contributed by atoms with van der Waals surface area (Å²) in [7, 11) is 0. The highest BCUT2D eigenvalue weighted by atomic mass is 16.1. The van der Waals surface area contributed by atoms with Crippen LogP contribution in [0.3, 0.4) is 0 Å². The number of hydrogen-bond donors (Lipinski definition) is 2. The minimum atomic E-state index is -0.284. The van der Waals surface area contributed by atoms with E-state index in [1.54, 1.807) is 0 Å². The van der Waals surface area contributed by atoms with Gasteiger partial charge < -0.3 is 15.6 Å². The number of nitrogens with zero attached hydrogens (tertiary/aromatic N) is 2. The quantitative estimate of drug-likeness (QED) is 0.750. The summed E-state index contributed by atoms with van der Waals surface area (Å²) in [5.74, 6) is 0.874. The molecule has 1 aromatic heterocycles. The summed E-state index contributed by atoms with van der Waals surface area (Å²) in [6.07, 6.45) is 1.40. The second-order valence-corrected chi connectivity index (χ2v) is 4.24. The van der Waals surface area contributed by atoms with Gasteiger partial charge in [0.15, 0.2) is 0 Å². The Hall–Kier alpha value is -1.85. The van der Waals surface area contributed by atoms with Gasteiger partial charge in [-0.15, -0.1) is 0 Å². The van der Waals surface area contributed by atoms with Crippen molar-refractivity contribution in [3.05, 3.63) is 22.2 Å². The second kappa shape index (κ2) is 4.57. The molecule has 1 amide bonds. The van der Waals surface area contributed by atoms with Crippen molar-refractivity contribution in [3.63, 3.8) is 0 Å². The number of primary amides is 1. The fourth-order valence-corrected chi connectivity index (χ4v) is 2.02. The molecule has 0 aromatic carbocycles. The van der Waals surface area contributed by atoms with Crippen LogP contribution in [-0.2, 0) is 11.2 Å².